The molecule has 0 aliphatic rings. The van der Waals surface area contributed by atoms with Crippen LogP contribution < -0.4 is 5.32 Å². The number of rotatable bonds is 8. The van der Waals surface area contributed by atoms with Crippen molar-refractivity contribution in [3.8, 4) is 0 Å². The zero-order chi connectivity index (χ0) is 11.8. The quantitative estimate of drug-likeness (QED) is 0.713. The van der Waals surface area contributed by atoms with E-state index < -0.39 is 0 Å². The first-order valence-electron chi connectivity index (χ1n) is 5.93. The van der Waals surface area contributed by atoms with Gasteiger partial charge >= 0.3 is 0 Å². The summed E-state index contributed by atoms with van der Waals surface area (Å²) < 4.78 is 5.25. The van der Waals surface area contributed by atoms with E-state index in [1.807, 2.05) is 6.07 Å². The Bertz CT molecular complexity index is 284. The van der Waals surface area contributed by atoms with Gasteiger partial charge in [-0.2, -0.15) is 0 Å². The average molecular weight is 245 g/mol. The molecule has 0 aromatic carbocycles. The molecule has 0 atom stereocenters. The van der Waals surface area contributed by atoms with E-state index >= 15 is 0 Å². The molecule has 0 spiro atoms. The zero-order valence-electron chi connectivity index (χ0n) is 10.1. The van der Waals surface area contributed by atoms with Crippen molar-refractivity contribution < 1.29 is 4.42 Å². The van der Waals surface area contributed by atoms with Crippen LogP contribution in [0.2, 0.25) is 5.22 Å². The molecule has 0 saturated carbocycles. The number of hydrogen-bond acceptors (Lipinski definition) is 3. The molecule has 0 aliphatic heterocycles. The smallest absolute Gasteiger partial charge is 0.193 e. The molecule has 0 fully saturated rings. The second-order valence-corrected chi connectivity index (χ2v) is 4.14. The highest BCUT2D eigenvalue weighted by molar-refractivity contribution is 6.28. The first-order valence-corrected chi connectivity index (χ1v) is 6.31. The molecule has 1 heterocycles. The third-order valence-corrected chi connectivity index (χ3v) is 2.85. The lowest BCUT2D eigenvalue weighted by atomic mass is 10.3. The van der Waals surface area contributed by atoms with Crippen molar-refractivity contribution in [3.05, 3.63) is 23.1 Å². The molecule has 0 aliphatic carbocycles. The molecule has 92 valence electrons. The fourth-order valence-electron chi connectivity index (χ4n) is 1.63. The van der Waals surface area contributed by atoms with Gasteiger partial charge in [0.2, 0.25) is 0 Å². The van der Waals surface area contributed by atoms with Crippen LogP contribution in [0, 0.1) is 0 Å². The average Bonchev–Trinajstić information content (AvgIpc) is 2.70. The van der Waals surface area contributed by atoms with E-state index in [0.717, 1.165) is 44.9 Å². The van der Waals surface area contributed by atoms with Crippen molar-refractivity contribution in [2.75, 3.05) is 26.2 Å². The molecule has 1 rings (SSSR count). The highest BCUT2D eigenvalue weighted by atomic mass is 35.5. The van der Waals surface area contributed by atoms with Crippen LogP contribution in [0.1, 0.15) is 26.0 Å². The summed E-state index contributed by atoms with van der Waals surface area (Å²) in [5, 5.41) is 3.80. The van der Waals surface area contributed by atoms with Gasteiger partial charge in [0.1, 0.15) is 5.76 Å². The summed E-state index contributed by atoms with van der Waals surface area (Å²) in [4.78, 5) is 2.42. The standard InChI is InChI=1S/C12H21ClN2O/c1-3-15(4-2)9-5-8-14-10-11-6-7-12(13)16-11/h6-7,14H,3-5,8-10H2,1-2H3. The van der Waals surface area contributed by atoms with Crippen molar-refractivity contribution in [1.82, 2.24) is 10.2 Å². The summed E-state index contributed by atoms with van der Waals surface area (Å²) in [6, 6.07) is 3.67. The van der Waals surface area contributed by atoms with Gasteiger partial charge in [-0.05, 0) is 56.3 Å². The van der Waals surface area contributed by atoms with Gasteiger partial charge in [0.05, 0.1) is 6.54 Å². The number of nitrogens with zero attached hydrogens (tertiary/aromatic N) is 1. The van der Waals surface area contributed by atoms with E-state index in [4.69, 9.17) is 16.0 Å². The molecule has 0 bridgehead atoms. The Morgan fingerprint density at radius 2 is 2.06 bits per heavy atom. The Morgan fingerprint density at radius 1 is 1.31 bits per heavy atom. The second kappa shape index (κ2) is 7.71. The molecule has 16 heavy (non-hydrogen) atoms. The minimum Gasteiger partial charge on any atom is -0.448 e. The minimum absolute atomic E-state index is 0.458. The summed E-state index contributed by atoms with van der Waals surface area (Å²) in [6.45, 7) is 9.57. The molecule has 1 aromatic rings. The Morgan fingerprint density at radius 3 is 2.62 bits per heavy atom. The van der Waals surface area contributed by atoms with E-state index in [0.29, 0.717) is 5.22 Å². The molecule has 0 radical (unpaired) electrons. The number of hydrogen-bond donors (Lipinski definition) is 1. The van der Waals surface area contributed by atoms with E-state index in [1.165, 1.54) is 0 Å². The lowest BCUT2D eigenvalue weighted by Crippen LogP contribution is -2.27. The van der Waals surface area contributed by atoms with Gasteiger partial charge in [0.15, 0.2) is 5.22 Å². The van der Waals surface area contributed by atoms with Crippen molar-refractivity contribution in [2.24, 2.45) is 0 Å². The molecule has 0 saturated heterocycles. The largest absolute Gasteiger partial charge is 0.448 e. The highest BCUT2D eigenvalue weighted by Crippen LogP contribution is 2.12. The van der Waals surface area contributed by atoms with Crippen LogP contribution in [0.4, 0.5) is 0 Å². The van der Waals surface area contributed by atoms with E-state index in [2.05, 4.69) is 24.1 Å². The van der Waals surface area contributed by atoms with Gasteiger partial charge in [-0.3, -0.25) is 0 Å². The minimum atomic E-state index is 0.458. The third-order valence-electron chi connectivity index (χ3n) is 2.65. The van der Waals surface area contributed by atoms with Crippen LogP contribution in [0.15, 0.2) is 16.5 Å². The molecular formula is C12H21ClN2O. The molecule has 3 nitrogen and oxygen atoms in total. The Labute approximate surface area is 103 Å². The first-order chi connectivity index (χ1) is 7.76. The van der Waals surface area contributed by atoms with Crippen LogP contribution in [-0.4, -0.2) is 31.1 Å². The Hall–Kier alpha value is -0.510. The summed E-state index contributed by atoms with van der Waals surface area (Å²) >= 11 is 5.68. The molecular weight excluding hydrogens is 224 g/mol. The van der Waals surface area contributed by atoms with Gasteiger partial charge in [-0.25, -0.2) is 0 Å². The van der Waals surface area contributed by atoms with Gasteiger partial charge in [-0.15, -0.1) is 0 Å². The van der Waals surface area contributed by atoms with Gasteiger partial charge in [0.25, 0.3) is 0 Å². The van der Waals surface area contributed by atoms with E-state index in [-0.39, 0.29) is 0 Å². The number of nitrogens with one attached hydrogen (secondary N) is 1. The lowest BCUT2D eigenvalue weighted by Gasteiger charge is -2.17. The number of furan rings is 1. The van der Waals surface area contributed by atoms with Crippen LogP contribution in [0.3, 0.4) is 0 Å². The predicted octanol–water partition coefficient (Wildman–Crippen LogP) is 2.75. The molecule has 0 amide bonds. The molecule has 1 N–H and O–H groups in total. The zero-order valence-corrected chi connectivity index (χ0v) is 10.9. The fraction of sp³-hybridized carbons (Fsp3) is 0.667. The van der Waals surface area contributed by atoms with Crippen molar-refractivity contribution in [2.45, 2.75) is 26.8 Å². The van der Waals surface area contributed by atoms with Gasteiger partial charge in [-0.1, -0.05) is 13.8 Å². The SMILES string of the molecule is CCN(CC)CCCNCc1ccc(Cl)o1. The summed E-state index contributed by atoms with van der Waals surface area (Å²) in [5.74, 6) is 0.896. The second-order valence-electron chi connectivity index (χ2n) is 3.76. The topological polar surface area (TPSA) is 28.4 Å². The maximum absolute atomic E-state index is 5.68. The predicted molar refractivity (Wildman–Crippen MR) is 67.8 cm³/mol. The van der Waals surface area contributed by atoms with Crippen molar-refractivity contribution >= 4 is 11.6 Å². The van der Waals surface area contributed by atoms with Crippen LogP contribution in [0.25, 0.3) is 0 Å². The first kappa shape index (κ1) is 13.6. The monoisotopic (exact) mass is 244 g/mol. The van der Waals surface area contributed by atoms with E-state index in [1.54, 1.807) is 6.07 Å². The van der Waals surface area contributed by atoms with Gasteiger partial charge in [0, 0.05) is 0 Å². The molecule has 4 heteroatoms. The van der Waals surface area contributed by atoms with Crippen LogP contribution >= 0.6 is 11.6 Å². The summed E-state index contributed by atoms with van der Waals surface area (Å²) in [6.07, 6.45) is 1.16. The fourth-order valence-corrected chi connectivity index (χ4v) is 1.79. The maximum atomic E-state index is 5.68. The molecule has 1 aromatic heterocycles. The van der Waals surface area contributed by atoms with Crippen molar-refractivity contribution in [1.29, 1.82) is 0 Å². The van der Waals surface area contributed by atoms with Gasteiger partial charge < -0.3 is 14.6 Å². The normalized spacial score (nSPS) is 11.2. The lowest BCUT2D eigenvalue weighted by molar-refractivity contribution is 0.297. The Balaban J connectivity index is 2.04. The number of halogens is 1. The summed E-state index contributed by atoms with van der Waals surface area (Å²) in [7, 11) is 0. The maximum Gasteiger partial charge on any atom is 0.193 e. The third kappa shape index (κ3) is 5.01. The van der Waals surface area contributed by atoms with Crippen molar-refractivity contribution in [3.63, 3.8) is 0 Å². The van der Waals surface area contributed by atoms with Crippen LogP contribution in [0.5, 0.6) is 0 Å². The highest BCUT2D eigenvalue weighted by Gasteiger charge is 2.00. The summed E-state index contributed by atoms with van der Waals surface area (Å²) in [5.41, 5.74) is 0. The Kier molecular flexibility index (Phi) is 6.53. The van der Waals surface area contributed by atoms with E-state index in [9.17, 15) is 0 Å². The molecule has 0 unspecified atom stereocenters. The van der Waals surface area contributed by atoms with Crippen LogP contribution in [-0.2, 0) is 6.54 Å².